The fourth-order valence-electron chi connectivity index (χ4n) is 3.30. The lowest BCUT2D eigenvalue weighted by atomic mass is 9.90. The fourth-order valence-corrected chi connectivity index (χ4v) is 3.30. The molecule has 0 aromatic heterocycles. The van der Waals surface area contributed by atoms with Crippen molar-refractivity contribution < 1.29 is 0 Å². The van der Waals surface area contributed by atoms with E-state index in [1.54, 1.807) is 0 Å². The summed E-state index contributed by atoms with van der Waals surface area (Å²) >= 11 is 0. The summed E-state index contributed by atoms with van der Waals surface area (Å²) in [6.07, 6.45) is 11.5. The molecule has 0 bridgehead atoms. The summed E-state index contributed by atoms with van der Waals surface area (Å²) in [5, 5.41) is 3.70. The molecule has 96 valence electrons. The van der Waals surface area contributed by atoms with Gasteiger partial charge in [0.25, 0.3) is 0 Å². The van der Waals surface area contributed by atoms with Crippen LogP contribution >= 0.6 is 0 Å². The van der Waals surface area contributed by atoms with Crippen molar-refractivity contribution >= 4 is 0 Å². The molecule has 16 heavy (non-hydrogen) atoms. The Morgan fingerprint density at radius 3 is 2.44 bits per heavy atom. The molecule has 0 heterocycles. The highest BCUT2D eigenvalue weighted by atomic mass is 14.9. The molecule has 0 amide bonds. The number of hydrogen-bond donors (Lipinski definition) is 1. The van der Waals surface area contributed by atoms with E-state index < -0.39 is 0 Å². The predicted molar refractivity (Wildman–Crippen MR) is 72.7 cm³/mol. The molecule has 1 aliphatic carbocycles. The fraction of sp³-hybridized carbons (Fsp3) is 1.00. The van der Waals surface area contributed by atoms with Gasteiger partial charge in [-0.25, -0.2) is 0 Å². The van der Waals surface area contributed by atoms with Crippen LogP contribution in [0, 0.1) is 11.8 Å². The molecule has 1 N–H and O–H groups in total. The maximum atomic E-state index is 3.70. The van der Waals surface area contributed by atoms with E-state index in [0.29, 0.717) is 0 Å². The lowest BCUT2D eigenvalue weighted by molar-refractivity contribution is 0.327. The molecule has 1 fully saturated rings. The third-order valence-corrected chi connectivity index (χ3v) is 4.05. The Kier molecular flexibility index (Phi) is 7.11. The van der Waals surface area contributed by atoms with Gasteiger partial charge in [-0.3, -0.25) is 0 Å². The van der Waals surface area contributed by atoms with Crippen molar-refractivity contribution in [2.45, 2.75) is 78.2 Å². The zero-order valence-electron chi connectivity index (χ0n) is 11.6. The average molecular weight is 225 g/mol. The van der Waals surface area contributed by atoms with Crippen LogP contribution in [0.2, 0.25) is 0 Å². The Hall–Kier alpha value is -0.0400. The summed E-state index contributed by atoms with van der Waals surface area (Å²) in [5.41, 5.74) is 0. The van der Waals surface area contributed by atoms with E-state index in [1.807, 2.05) is 0 Å². The number of nitrogens with one attached hydrogen (secondary N) is 1. The van der Waals surface area contributed by atoms with Crippen molar-refractivity contribution in [3.8, 4) is 0 Å². The first-order valence-electron chi connectivity index (χ1n) is 7.49. The van der Waals surface area contributed by atoms with E-state index in [2.05, 4.69) is 26.1 Å². The molecule has 2 atom stereocenters. The average Bonchev–Trinajstić information content (AvgIpc) is 2.71. The maximum Gasteiger partial charge on any atom is 0.00721 e. The van der Waals surface area contributed by atoms with E-state index >= 15 is 0 Å². The second kappa shape index (κ2) is 8.11. The Bertz CT molecular complexity index is 161. The monoisotopic (exact) mass is 225 g/mol. The maximum absolute atomic E-state index is 3.70. The van der Waals surface area contributed by atoms with Gasteiger partial charge in [-0.15, -0.1) is 0 Å². The zero-order chi connectivity index (χ0) is 11.8. The highest BCUT2D eigenvalue weighted by Crippen LogP contribution is 2.30. The minimum absolute atomic E-state index is 0.787. The van der Waals surface area contributed by atoms with Gasteiger partial charge in [-0.1, -0.05) is 59.3 Å². The molecule has 0 saturated heterocycles. The van der Waals surface area contributed by atoms with Crippen LogP contribution in [0.5, 0.6) is 0 Å². The zero-order valence-corrected chi connectivity index (χ0v) is 11.6. The minimum Gasteiger partial charge on any atom is -0.314 e. The second-order valence-electron chi connectivity index (χ2n) is 5.77. The van der Waals surface area contributed by atoms with Crippen LogP contribution < -0.4 is 5.32 Å². The van der Waals surface area contributed by atoms with Crippen LogP contribution in [0.1, 0.15) is 72.1 Å². The number of hydrogen-bond acceptors (Lipinski definition) is 1. The third-order valence-electron chi connectivity index (χ3n) is 4.05. The van der Waals surface area contributed by atoms with Crippen molar-refractivity contribution in [2.24, 2.45) is 11.8 Å². The molecule has 2 unspecified atom stereocenters. The van der Waals surface area contributed by atoms with Gasteiger partial charge in [0.05, 0.1) is 0 Å². The van der Waals surface area contributed by atoms with Gasteiger partial charge in [0.1, 0.15) is 0 Å². The van der Waals surface area contributed by atoms with E-state index in [1.165, 1.54) is 51.4 Å². The van der Waals surface area contributed by atoms with Crippen LogP contribution in [0.25, 0.3) is 0 Å². The van der Waals surface area contributed by atoms with Crippen molar-refractivity contribution in [3.05, 3.63) is 0 Å². The largest absolute Gasteiger partial charge is 0.314 e. The molecule has 1 aliphatic rings. The summed E-state index contributed by atoms with van der Waals surface area (Å²) in [5.74, 6) is 1.92. The van der Waals surface area contributed by atoms with Crippen molar-refractivity contribution in [1.29, 1.82) is 0 Å². The highest BCUT2D eigenvalue weighted by Gasteiger charge is 2.20. The summed E-state index contributed by atoms with van der Waals surface area (Å²) in [6.45, 7) is 8.10. The molecule has 1 rings (SSSR count). The van der Waals surface area contributed by atoms with Crippen molar-refractivity contribution in [1.82, 2.24) is 5.32 Å². The van der Waals surface area contributed by atoms with Gasteiger partial charge >= 0.3 is 0 Å². The molecule has 0 aliphatic heterocycles. The van der Waals surface area contributed by atoms with Gasteiger partial charge in [0.15, 0.2) is 0 Å². The number of rotatable bonds is 8. The van der Waals surface area contributed by atoms with Gasteiger partial charge in [0, 0.05) is 6.04 Å². The van der Waals surface area contributed by atoms with Crippen LogP contribution in [-0.2, 0) is 0 Å². The first-order chi connectivity index (χ1) is 7.76. The van der Waals surface area contributed by atoms with Crippen LogP contribution in [-0.4, -0.2) is 12.6 Å². The first-order valence-corrected chi connectivity index (χ1v) is 7.49. The molecule has 1 saturated carbocycles. The molecule has 0 radical (unpaired) electrons. The molecular formula is C15H31N. The van der Waals surface area contributed by atoms with Crippen molar-refractivity contribution in [2.75, 3.05) is 6.54 Å². The van der Waals surface area contributed by atoms with Crippen LogP contribution in [0.15, 0.2) is 0 Å². The standard InChI is InChI=1S/C15H31N/c1-4-8-13(3)11-15(16-5-2)12-14-9-6-7-10-14/h13-16H,4-12H2,1-3H3. The Morgan fingerprint density at radius 2 is 1.88 bits per heavy atom. The minimum atomic E-state index is 0.787. The second-order valence-corrected chi connectivity index (χ2v) is 5.77. The molecule has 0 aromatic rings. The Labute approximate surface area is 102 Å². The normalized spacial score (nSPS) is 21.2. The Balaban J connectivity index is 2.27. The van der Waals surface area contributed by atoms with Gasteiger partial charge < -0.3 is 5.32 Å². The lowest BCUT2D eigenvalue weighted by Gasteiger charge is -2.24. The Morgan fingerprint density at radius 1 is 1.19 bits per heavy atom. The third kappa shape index (κ3) is 5.34. The summed E-state index contributed by atoms with van der Waals surface area (Å²) < 4.78 is 0. The highest BCUT2D eigenvalue weighted by molar-refractivity contribution is 4.77. The van der Waals surface area contributed by atoms with Crippen LogP contribution in [0.4, 0.5) is 0 Å². The van der Waals surface area contributed by atoms with E-state index in [4.69, 9.17) is 0 Å². The van der Waals surface area contributed by atoms with Gasteiger partial charge in [0.2, 0.25) is 0 Å². The summed E-state index contributed by atoms with van der Waals surface area (Å²) in [6, 6.07) is 0.787. The van der Waals surface area contributed by atoms with E-state index in [0.717, 1.165) is 24.4 Å². The molecule has 1 nitrogen and oxygen atoms in total. The van der Waals surface area contributed by atoms with E-state index in [-0.39, 0.29) is 0 Å². The van der Waals surface area contributed by atoms with Gasteiger partial charge in [-0.05, 0) is 31.2 Å². The van der Waals surface area contributed by atoms with Crippen molar-refractivity contribution in [3.63, 3.8) is 0 Å². The SMILES string of the molecule is CCCC(C)CC(CC1CCCC1)NCC. The van der Waals surface area contributed by atoms with Gasteiger partial charge in [-0.2, -0.15) is 0 Å². The molecule has 0 spiro atoms. The lowest BCUT2D eigenvalue weighted by Crippen LogP contribution is -2.32. The smallest absolute Gasteiger partial charge is 0.00721 e. The topological polar surface area (TPSA) is 12.0 Å². The molecule has 1 heteroatoms. The summed E-state index contributed by atoms with van der Waals surface area (Å²) in [7, 11) is 0. The quantitative estimate of drug-likeness (QED) is 0.647. The summed E-state index contributed by atoms with van der Waals surface area (Å²) in [4.78, 5) is 0. The molecule has 0 aromatic carbocycles. The van der Waals surface area contributed by atoms with E-state index in [9.17, 15) is 0 Å². The van der Waals surface area contributed by atoms with Crippen LogP contribution in [0.3, 0.4) is 0 Å². The molecular weight excluding hydrogens is 194 g/mol. The predicted octanol–water partition coefficient (Wildman–Crippen LogP) is 4.37. The first kappa shape index (κ1) is 14.0.